The largest absolute Gasteiger partial charge is 0.389 e. The topological polar surface area (TPSA) is 41.9 Å². The molecule has 0 aromatic rings. The zero-order valence-corrected chi connectivity index (χ0v) is 7.98. The molecule has 0 radical (unpaired) electrons. The van der Waals surface area contributed by atoms with Gasteiger partial charge < -0.3 is 9.84 Å². The van der Waals surface area contributed by atoms with Gasteiger partial charge >= 0.3 is 0 Å². The summed E-state index contributed by atoms with van der Waals surface area (Å²) in [4.78, 5) is 5.38. The number of ether oxygens (including phenoxy) is 1. The third-order valence-corrected chi connectivity index (χ3v) is 2.91. The summed E-state index contributed by atoms with van der Waals surface area (Å²) < 4.78 is 5.37. The Morgan fingerprint density at radius 1 is 1.46 bits per heavy atom. The average molecular weight is 187 g/mol. The van der Waals surface area contributed by atoms with E-state index in [0.717, 1.165) is 12.8 Å². The van der Waals surface area contributed by atoms with Gasteiger partial charge in [0.15, 0.2) is 0 Å². The van der Waals surface area contributed by atoms with Crippen molar-refractivity contribution in [1.82, 2.24) is 5.06 Å². The molecule has 76 valence electrons. The predicted molar refractivity (Wildman–Crippen MR) is 47.1 cm³/mol. The zero-order valence-electron chi connectivity index (χ0n) is 7.98. The van der Waals surface area contributed by atoms with Crippen molar-refractivity contribution in [1.29, 1.82) is 0 Å². The van der Waals surface area contributed by atoms with Crippen LogP contribution in [-0.4, -0.2) is 48.7 Å². The minimum absolute atomic E-state index is 0.283. The van der Waals surface area contributed by atoms with E-state index in [4.69, 9.17) is 9.57 Å². The molecular formula is C9H17NO3. The van der Waals surface area contributed by atoms with E-state index in [1.165, 1.54) is 6.42 Å². The summed E-state index contributed by atoms with van der Waals surface area (Å²) in [6.07, 6.45) is 3.38. The second-order valence-electron chi connectivity index (χ2n) is 3.82. The SMILES string of the molecule is COC1CCCC1N1CC(O)CO1. The lowest BCUT2D eigenvalue weighted by Crippen LogP contribution is -2.39. The van der Waals surface area contributed by atoms with Crippen LogP contribution in [-0.2, 0) is 9.57 Å². The molecule has 1 N–H and O–H groups in total. The molecule has 3 unspecified atom stereocenters. The van der Waals surface area contributed by atoms with Gasteiger partial charge in [-0.1, -0.05) is 0 Å². The molecule has 0 aromatic carbocycles. The maximum Gasteiger partial charge on any atom is 0.0958 e. The Hall–Kier alpha value is -0.160. The number of rotatable bonds is 2. The highest BCUT2D eigenvalue weighted by atomic mass is 16.7. The lowest BCUT2D eigenvalue weighted by molar-refractivity contribution is -0.162. The minimum atomic E-state index is -0.321. The van der Waals surface area contributed by atoms with Gasteiger partial charge in [-0.25, -0.2) is 0 Å². The normalized spacial score (nSPS) is 41.5. The van der Waals surface area contributed by atoms with Crippen LogP contribution in [0.15, 0.2) is 0 Å². The number of aliphatic hydroxyl groups is 1. The van der Waals surface area contributed by atoms with Crippen molar-refractivity contribution in [3.05, 3.63) is 0 Å². The van der Waals surface area contributed by atoms with Gasteiger partial charge in [-0.2, -0.15) is 5.06 Å². The average Bonchev–Trinajstić information content (AvgIpc) is 2.71. The molecule has 1 heterocycles. The first-order chi connectivity index (χ1) is 6.31. The van der Waals surface area contributed by atoms with Gasteiger partial charge in [-0.05, 0) is 19.3 Å². The highest BCUT2D eigenvalue weighted by Crippen LogP contribution is 2.28. The summed E-state index contributed by atoms with van der Waals surface area (Å²) in [6, 6.07) is 0.349. The molecule has 1 aliphatic heterocycles. The summed E-state index contributed by atoms with van der Waals surface area (Å²) in [5.41, 5.74) is 0. The molecule has 4 heteroatoms. The van der Waals surface area contributed by atoms with Gasteiger partial charge in [0, 0.05) is 7.11 Å². The summed E-state index contributed by atoms with van der Waals surface area (Å²) in [6.45, 7) is 1.07. The van der Waals surface area contributed by atoms with Crippen LogP contribution >= 0.6 is 0 Å². The van der Waals surface area contributed by atoms with E-state index < -0.39 is 0 Å². The van der Waals surface area contributed by atoms with E-state index in [-0.39, 0.29) is 12.2 Å². The number of aliphatic hydroxyl groups excluding tert-OH is 1. The number of β-amino-alcohol motifs (C(OH)–C–C–N with tert-alkyl or cyclic N) is 1. The smallest absolute Gasteiger partial charge is 0.0958 e. The second kappa shape index (κ2) is 3.92. The molecule has 3 atom stereocenters. The fourth-order valence-corrected chi connectivity index (χ4v) is 2.24. The molecule has 1 aliphatic carbocycles. The Balaban J connectivity index is 1.92. The van der Waals surface area contributed by atoms with Crippen molar-refractivity contribution in [3.63, 3.8) is 0 Å². The van der Waals surface area contributed by atoms with Gasteiger partial charge in [0.25, 0.3) is 0 Å². The lowest BCUT2D eigenvalue weighted by Gasteiger charge is -2.26. The van der Waals surface area contributed by atoms with Crippen LogP contribution in [0.5, 0.6) is 0 Å². The van der Waals surface area contributed by atoms with E-state index in [1.807, 2.05) is 5.06 Å². The van der Waals surface area contributed by atoms with Gasteiger partial charge in [-0.15, -0.1) is 0 Å². The van der Waals surface area contributed by atoms with Gasteiger partial charge in [0.2, 0.25) is 0 Å². The number of hydroxylamine groups is 2. The van der Waals surface area contributed by atoms with Crippen LogP contribution in [0.1, 0.15) is 19.3 Å². The van der Waals surface area contributed by atoms with Crippen LogP contribution < -0.4 is 0 Å². The number of nitrogens with zero attached hydrogens (tertiary/aromatic N) is 1. The van der Waals surface area contributed by atoms with E-state index >= 15 is 0 Å². The van der Waals surface area contributed by atoms with Gasteiger partial charge in [0.1, 0.15) is 0 Å². The van der Waals surface area contributed by atoms with Gasteiger partial charge in [-0.3, -0.25) is 4.84 Å². The van der Waals surface area contributed by atoms with Crippen LogP contribution in [0.3, 0.4) is 0 Å². The number of hydrogen-bond donors (Lipinski definition) is 1. The monoisotopic (exact) mass is 187 g/mol. The van der Waals surface area contributed by atoms with Crippen molar-refractivity contribution < 1.29 is 14.7 Å². The first-order valence-corrected chi connectivity index (χ1v) is 4.91. The van der Waals surface area contributed by atoms with E-state index in [9.17, 15) is 5.11 Å². The lowest BCUT2D eigenvalue weighted by atomic mass is 10.2. The Morgan fingerprint density at radius 2 is 2.31 bits per heavy atom. The summed E-state index contributed by atoms with van der Waals surface area (Å²) in [5, 5.41) is 11.2. The Labute approximate surface area is 78.4 Å². The second-order valence-corrected chi connectivity index (χ2v) is 3.82. The quantitative estimate of drug-likeness (QED) is 0.668. The fourth-order valence-electron chi connectivity index (χ4n) is 2.24. The summed E-state index contributed by atoms with van der Waals surface area (Å²) >= 11 is 0. The zero-order chi connectivity index (χ0) is 9.26. The third kappa shape index (κ3) is 1.86. The Morgan fingerprint density at radius 3 is 2.92 bits per heavy atom. The minimum Gasteiger partial charge on any atom is -0.389 e. The molecule has 2 rings (SSSR count). The van der Waals surface area contributed by atoms with Crippen molar-refractivity contribution >= 4 is 0 Å². The molecule has 2 aliphatic rings. The molecule has 1 saturated heterocycles. The molecule has 0 amide bonds. The summed E-state index contributed by atoms with van der Waals surface area (Å²) in [5.74, 6) is 0. The van der Waals surface area contributed by atoms with Crippen molar-refractivity contribution in [2.75, 3.05) is 20.3 Å². The highest BCUT2D eigenvalue weighted by molar-refractivity contribution is 4.85. The van der Waals surface area contributed by atoms with E-state index in [1.54, 1.807) is 7.11 Å². The van der Waals surface area contributed by atoms with Crippen molar-refractivity contribution in [2.24, 2.45) is 0 Å². The predicted octanol–water partition coefficient (Wildman–Crippen LogP) is 0.162. The van der Waals surface area contributed by atoms with Crippen LogP contribution in [0.2, 0.25) is 0 Å². The van der Waals surface area contributed by atoms with E-state index in [0.29, 0.717) is 19.2 Å². The van der Waals surface area contributed by atoms with Crippen LogP contribution in [0, 0.1) is 0 Å². The molecular weight excluding hydrogens is 170 g/mol. The maximum absolute atomic E-state index is 9.31. The number of methoxy groups -OCH3 is 1. The molecule has 0 bridgehead atoms. The third-order valence-electron chi connectivity index (χ3n) is 2.91. The maximum atomic E-state index is 9.31. The van der Waals surface area contributed by atoms with Gasteiger partial charge in [0.05, 0.1) is 31.4 Å². The fraction of sp³-hybridized carbons (Fsp3) is 1.00. The molecule has 1 saturated carbocycles. The van der Waals surface area contributed by atoms with Crippen LogP contribution in [0.25, 0.3) is 0 Å². The first kappa shape index (κ1) is 9.40. The van der Waals surface area contributed by atoms with Crippen molar-refractivity contribution in [2.45, 2.75) is 37.5 Å². The Kier molecular flexibility index (Phi) is 2.83. The first-order valence-electron chi connectivity index (χ1n) is 4.91. The standard InChI is InChI=1S/C9H17NO3/c1-12-9-4-2-3-8(9)10-5-7(11)6-13-10/h7-9,11H,2-6H2,1H3. The molecule has 2 fully saturated rings. The van der Waals surface area contributed by atoms with Crippen molar-refractivity contribution in [3.8, 4) is 0 Å². The van der Waals surface area contributed by atoms with Crippen LogP contribution in [0.4, 0.5) is 0 Å². The summed E-state index contributed by atoms with van der Waals surface area (Å²) in [7, 11) is 1.75. The molecule has 4 nitrogen and oxygen atoms in total. The number of hydrogen-bond acceptors (Lipinski definition) is 4. The Bertz CT molecular complexity index is 176. The molecule has 0 spiro atoms. The van der Waals surface area contributed by atoms with E-state index in [2.05, 4.69) is 0 Å². The molecule has 0 aromatic heterocycles. The highest BCUT2D eigenvalue weighted by Gasteiger charge is 2.36. The molecule has 13 heavy (non-hydrogen) atoms.